The first-order valence-electron chi connectivity index (χ1n) is 11.4. The minimum Gasteiger partial charge on any atom is -0.439 e. The molecule has 1 aliphatic rings. The SMILES string of the molecule is CCOC[C@H](O)CN(Cc1c(C)nn(-c2ccccc2)c1Oc1ccc(C)cc1)C1CC1. The third kappa shape index (κ3) is 5.57. The van der Waals surface area contributed by atoms with Crippen LogP contribution in [0.4, 0.5) is 0 Å². The van der Waals surface area contributed by atoms with E-state index in [0.717, 1.165) is 41.4 Å². The van der Waals surface area contributed by atoms with Gasteiger partial charge in [0, 0.05) is 25.7 Å². The van der Waals surface area contributed by atoms with Crippen molar-refractivity contribution in [2.24, 2.45) is 0 Å². The summed E-state index contributed by atoms with van der Waals surface area (Å²) < 4.78 is 13.7. The van der Waals surface area contributed by atoms with Gasteiger partial charge in [-0.25, -0.2) is 4.68 Å². The zero-order valence-corrected chi connectivity index (χ0v) is 19.2. The molecular formula is C26H33N3O3. The largest absolute Gasteiger partial charge is 0.439 e. The van der Waals surface area contributed by atoms with Crippen LogP contribution in [0.5, 0.6) is 11.6 Å². The summed E-state index contributed by atoms with van der Waals surface area (Å²) >= 11 is 0. The molecule has 6 heteroatoms. The van der Waals surface area contributed by atoms with Crippen molar-refractivity contribution >= 4 is 0 Å². The van der Waals surface area contributed by atoms with Gasteiger partial charge in [-0.15, -0.1) is 0 Å². The molecule has 1 aliphatic carbocycles. The maximum absolute atomic E-state index is 10.5. The topological polar surface area (TPSA) is 59.8 Å². The first kappa shape index (κ1) is 22.5. The average molecular weight is 436 g/mol. The fourth-order valence-electron chi connectivity index (χ4n) is 3.85. The van der Waals surface area contributed by atoms with Crippen LogP contribution in [0.15, 0.2) is 54.6 Å². The molecule has 1 saturated carbocycles. The molecule has 0 aliphatic heterocycles. The lowest BCUT2D eigenvalue weighted by atomic mass is 10.2. The summed E-state index contributed by atoms with van der Waals surface area (Å²) in [5, 5.41) is 15.3. The zero-order chi connectivity index (χ0) is 22.5. The number of rotatable bonds is 11. The van der Waals surface area contributed by atoms with Gasteiger partial charge in [0.15, 0.2) is 0 Å². The predicted octanol–water partition coefficient (Wildman–Crippen LogP) is 4.64. The molecule has 2 aromatic carbocycles. The van der Waals surface area contributed by atoms with E-state index < -0.39 is 6.10 Å². The third-order valence-electron chi connectivity index (χ3n) is 5.76. The predicted molar refractivity (Wildman–Crippen MR) is 125 cm³/mol. The Morgan fingerprint density at radius 3 is 2.47 bits per heavy atom. The first-order chi connectivity index (χ1) is 15.5. The van der Waals surface area contributed by atoms with Crippen LogP contribution in [0.3, 0.4) is 0 Å². The van der Waals surface area contributed by atoms with Gasteiger partial charge in [-0.1, -0.05) is 35.9 Å². The van der Waals surface area contributed by atoms with Gasteiger partial charge in [-0.3, -0.25) is 4.90 Å². The van der Waals surface area contributed by atoms with E-state index in [4.69, 9.17) is 14.6 Å². The number of benzene rings is 2. The van der Waals surface area contributed by atoms with Crippen LogP contribution in [0, 0.1) is 13.8 Å². The van der Waals surface area contributed by atoms with Crippen molar-refractivity contribution in [1.29, 1.82) is 0 Å². The van der Waals surface area contributed by atoms with Crippen LogP contribution < -0.4 is 4.74 Å². The summed E-state index contributed by atoms with van der Waals surface area (Å²) in [5.74, 6) is 1.51. The van der Waals surface area contributed by atoms with Gasteiger partial charge >= 0.3 is 0 Å². The lowest BCUT2D eigenvalue weighted by Crippen LogP contribution is -2.36. The Hall–Kier alpha value is -2.67. The van der Waals surface area contributed by atoms with E-state index in [2.05, 4.69) is 11.8 Å². The number of ether oxygens (including phenoxy) is 2. The number of para-hydroxylation sites is 1. The molecule has 1 N–H and O–H groups in total. The Morgan fingerprint density at radius 1 is 1.09 bits per heavy atom. The van der Waals surface area contributed by atoms with Crippen molar-refractivity contribution in [2.45, 2.75) is 52.3 Å². The second-order valence-corrected chi connectivity index (χ2v) is 8.51. The second-order valence-electron chi connectivity index (χ2n) is 8.51. The molecule has 32 heavy (non-hydrogen) atoms. The highest BCUT2D eigenvalue weighted by molar-refractivity contribution is 5.43. The molecule has 4 rings (SSSR count). The maximum atomic E-state index is 10.5. The number of aliphatic hydroxyl groups excluding tert-OH is 1. The van der Waals surface area contributed by atoms with Gasteiger partial charge < -0.3 is 14.6 Å². The highest BCUT2D eigenvalue weighted by atomic mass is 16.5. The van der Waals surface area contributed by atoms with Gasteiger partial charge in [0.2, 0.25) is 5.88 Å². The van der Waals surface area contributed by atoms with Crippen molar-refractivity contribution < 1.29 is 14.6 Å². The van der Waals surface area contributed by atoms with Crippen LogP contribution in [0.25, 0.3) is 5.69 Å². The van der Waals surface area contributed by atoms with Crippen molar-refractivity contribution in [3.63, 3.8) is 0 Å². The molecular weight excluding hydrogens is 402 g/mol. The van der Waals surface area contributed by atoms with Crippen LogP contribution in [-0.4, -0.2) is 51.7 Å². The number of hydrogen-bond donors (Lipinski definition) is 1. The molecule has 6 nitrogen and oxygen atoms in total. The Balaban J connectivity index is 1.65. The van der Waals surface area contributed by atoms with Gasteiger partial charge in [-0.2, -0.15) is 5.10 Å². The number of nitrogens with zero attached hydrogens (tertiary/aromatic N) is 3. The molecule has 0 radical (unpaired) electrons. The fraction of sp³-hybridized carbons (Fsp3) is 0.423. The van der Waals surface area contributed by atoms with E-state index >= 15 is 0 Å². The van der Waals surface area contributed by atoms with Crippen molar-refractivity contribution in [3.05, 3.63) is 71.4 Å². The van der Waals surface area contributed by atoms with E-state index in [0.29, 0.717) is 32.3 Å². The average Bonchev–Trinajstić information content (AvgIpc) is 3.60. The van der Waals surface area contributed by atoms with Crippen LogP contribution in [0.1, 0.15) is 36.6 Å². The summed E-state index contributed by atoms with van der Waals surface area (Å²) in [6, 6.07) is 18.6. The van der Waals surface area contributed by atoms with Gasteiger partial charge in [0.25, 0.3) is 0 Å². The smallest absolute Gasteiger partial charge is 0.227 e. The molecule has 1 atom stereocenters. The minimum absolute atomic E-state index is 0.356. The lowest BCUT2D eigenvalue weighted by molar-refractivity contribution is 0.0177. The van der Waals surface area contributed by atoms with E-state index in [9.17, 15) is 5.11 Å². The molecule has 3 aromatic rings. The van der Waals surface area contributed by atoms with Gasteiger partial charge in [0.1, 0.15) is 5.75 Å². The van der Waals surface area contributed by atoms with E-state index in [1.807, 2.05) is 73.1 Å². The maximum Gasteiger partial charge on any atom is 0.227 e. The third-order valence-corrected chi connectivity index (χ3v) is 5.76. The van der Waals surface area contributed by atoms with Gasteiger partial charge in [-0.05, 0) is 57.9 Å². The lowest BCUT2D eigenvalue weighted by Gasteiger charge is -2.25. The Bertz CT molecular complexity index is 997. The number of aromatic nitrogens is 2. The number of aryl methyl sites for hydroxylation is 2. The summed E-state index contributed by atoms with van der Waals surface area (Å²) in [5.41, 5.74) is 4.12. The van der Waals surface area contributed by atoms with Crippen LogP contribution >= 0.6 is 0 Å². The quantitative estimate of drug-likeness (QED) is 0.475. The van der Waals surface area contributed by atoms with E-state index in [-0.39, 0.29) is 0 Å². The molecule has 0 saturated heterocycles. The number of hydrogen-bond acceptors (Lipinski definition) is 5. The molecule has 170 valence electrons. The van der Waals surface area contributed by atoms with Crippen LogP contribution in [0.2, 0.25) is 0 Å². The summed E-state index contributed by atoms with van der Waals surface area (Å²) in [7, 11) is 0. The molecule has 0 bridgehead atoms. The standard InChI is InChI=1S/C26H33N3O3/c1-4-31-18-23(30)16-28(21-12-13-21)17-25-20(3)27-29(22-8-6-5-7-9-22)26(25)32-24-14-10-19(2)11-15-24/h5-11,14-15,21,23,30H,4,12-13,16-18H2,1-3H3/t23-/m1/s1. The zero-order valence-electron chi connectivity index (χ0n) is 19.2. The number of aliphatic hydroxyl groups is 1. The normalized spacial score (nSPS) is 14.7. The Kier molecular flexibility index (Phi) is 7.25. The molecule has 0 unspecified atom stereocenters. The molecule has 0 amide bonds. The highest BCUT2D eigenvalue weighted by Crippen LogP contribution is 2.35. The molecule has 1 heterocycles. The monoisotopic (exact) mass is 435 g/mol. The highest BCUT2D eigenvalue weighted by Gasteiger charge is 2.32. The fourth-order valence-corrected chi connectivity index (χ4v) is 3.85. The van der Waals surface area contributed by atoms with Crippen molar-refractivity contribution in [3.8, 4) is 17.3 Å². The second kappa shape index (κ2) is 10.3. The Labute approximate surface area is 190 Å². The van der Waals surface area contributed by atoms with Crippen LogP contribution in [-0.2, 0) is 11.3 Å². The summed E-state index contributed by atoms with van der Waals surface area (Å²) in [4.78, 5) is 2.34. The summed E-state index contributed by atoms with van der Waals surface area (Å²) in [6.45, 7) is 8.25. The molecule has 0 spiro atoms. The summed E-state index contributed by atoms with van der Waals surface area (Å²) in [6.07, 6.45) is 1.80. The van der Waals surface area contributed by atoms with Gasteiger partial charge in [0.05, 0.1) is 29.7 Å². The first-order valence-corrected chi connectivity index (χ1v) is 11.4. The molecule has 1 fully saturated rings. The molecule has 1 aromatic heterocycles. The van der Waals surface area contributed by atoms with Crippen molar-refractivity contribution in [2.75, 3.05) is 19.8 Å². The minimum atomic E-state index is -0.513. The van der Waals surface area contributed by atoms with E-state index in [1.54, 1.807) is 0 Å². The Morgan fingerprint density at radius 2 is 1.81 bits per heavy atom. The van der Waals surface area contributed by atoms with E-state index in [1.165, 1.54) is 5.56 Å². The van der Waals surface area contributed by atoms with Crippen molar-refractivity contribution in [1.82, 2.24) is 14.7 Å².